The Kier molecular flexibility index (Phi) is 4.79. The molecule has 106 valence electrons. The van der Waals surface area contributed by atoms with E-state index in [0.29, 0.717) is 25.6 Å². The molecule has 0 fully saturated rings. The van der Waals surface area contributed by atoms with Crippen molar-refractivity contribution in [3.8, 4) is 5.75 Å². The van der Waals surface area contributed by atoms with E-state index in [-0.39, 0.29) is 5.76 Å². The van der Waals surface area contributed by atoms with Crippen molar-refractivity contribution in [3.05, 3.63) is 53.5 Å². The second-order valence-electron chi connectivity index (χ2n) is 4.21. The number of aromatic carboxylic acids is 1. The summed E-state index contributed by atoms with van der Waals surface area (Å²) in [6, 6.07) is 11.0. The summed E-state index contributed by atoms with van der Waals surface area (Å²) in [5.41, 5.74) is 0.738. The van der Waals surface area contributed by atoms with Crippen LogP contribution in [0.5, 0.6) is 5.75 Å². The summed E-state index contributed by atoms with van der Waals surface area (Å²) in [5.74, 6) is 0.212. The first-order valence-corrected chi connectivity index (χ1v) is 6.25. The molecule has 5 heteroatoms. The zero-order chi connectivity index (χ0) is 14.4. The molecule has 0 aliphatic carbocycles. The Morgan fingerprint density at radius 1 is 1.25 bits per heavy atom. The molecule has 0 saturated heterocycles. The van der Waals surface area contributed by atoms with Crippen molar-refractivity contribution < 1.29 is 23.8 Å². The van der Waals surface area contributed by atoms with Crippen LogP contribution in [0.25, 0.3) is 0 Å². The van der Waals surface area contributed by atoms with Crippen LogP contribution in [0.4, 0.5) is 0 Å². The molecule has 0 unspecified atom stereocenters. The maximum absolute atomic E-state index is 10.7. The molecular weight excluding hydrogens is 260 g/mol. The summed E-state index contributed by atoms with van der Waals surface area (Å²) in [6.45, 7) is 2.88. The number of rotatable bonds is 7. The van der Waals surface area contributed by atoms with Gasteiger partial charge in [0.05, 0.1) is 13.2 Å². The lowest BCUT2D eigenvalue weighted by molar-refractivity contribution is 0.0661. The number of hydrogen-bond acceptors (Lipinski definition) is 4. The van der Waals surface area contributed by atoms with Gasteiger partial charge in [-0.1, -0.05) is 18.2 Å². The SMILES string of the molecule is Cc1oc(C(=O)O)cc1COCCOc1ccccc1. The average Bonchev–Trinajstić information content (AvgIpc) is 2.81. The third-order valence-electron chi connectivity index (χ3n) is 2.73. The summed E-state index contributed by atoms with van der Waals surface area (Å²) in [6.07, 6.45) is 0. The van der Waals surface area contributed by atoms with Gasteiger partial charge in [-0.3, -0.25) is 0 Å². The lowest BCUT2D eigenvalue weighted by Crippen LogP contribution is -2.06. The van der Waals surface area contributed by atoms with Gasteiger partial charge >= 0.3 is 5.97 Å². The number of para-hydroxylation sites is 1. The van der Waals surface area contributed by atoms with E-state index < -0.39 is 5.97 Å². The summed E-state index contributed by atoms with van der Waals surface area (Å²) in [7, 11) is 0. The fourth-order valence-electron chi connectivity index (χ4n) is 1.69. The van der Waals surface area contributed by atoms with Gasteiger partial charge in [-0.2, -0.15) is 0 Å². The van der Waals surface area contributed by atoms with Crippen LogP contribution in [0, 0.1) is 6.92 Å². The first-order chi connectivity index (χ1) is 9.66. The lowest BCUT2D eigenvalue weighted by Gasteiger charge is -2.06. The minimum atomic E-state index is -1.08. The third-order valence-corrected chi connectivity index (χ3v) is 2.73. The molecule has 1 aromatic carbocycles. The largest absolute Gasteiger partial charge is 0.491 e. The molecule has 5 nitrogen and oxygen atoms in total. The van der Waals surface area contributed by atoms with Crippen LogP contribution >= 0.6 is 0 Å². The van der Waals surface area contributed by atoms with Crippen LogP contribution in [0.15, 0.2) is 40.8 Å². The van der Waals surface area contributed by atoms with Gasteiger partial charge in [0.1, 0.15) is 18.1 Å². The highest BCUT2D eigenvalue weighted by Gasteiger charge is 2.12. The first kappa shape index (κ1) is 14.1. The Morgan fingerprint density at radius 3 is 2.65 bits per heavy atom. The molecule has 0 saturated carbocycles. The van der Waals surface area contributed by atoms with Crippen LogP contribution in [0.3, 0.4) is 0 Å². The highest BCUT2D eigenvalue weighted by molar-refractivity contribution is 5.84. The van der Waals surface area contributed by atoms with Crippen molar-refractivity contribution in [3.63, 3.8) is 0 Å². The van der Waals surface area contributed by atoms with Gasteiger partial charge in [0.25, 0.3) is 0 Å². The van der Waals surface area contributed by atoms with E-state index in [1.165, 1.54) is 6.07 Å². The van der Waals surface area contributed by atoms with Crippen LogP contribution < -0.4 is 4.74 Å². The molecule has 0 atom stereocenters. The van der Waals surface area contributed by atoms with Crippen molar-refractivity contribution >= 4 is 5.97 Å². The second kappa shape index (κ2) is 6.77. The van der Waals surface area contributed by atoms with E-state index in [4.69, 9.17) is 19.0 Å². The Balaban J connectivity index is 1.72. The van der Waals surface area contributed by atoms with Gasteiger partial charge in [0.2, 0.25) is 5.76 Å². The number of benzene rings is 1. The lowest BCUT2D eigenvalue weighted by atomic mass is 10.2. The third kappa shape index (κ3) is 3.86. The summed E-state index contributed by atoms with van der Waals surface area (Å²) in [4.78, 5) is 10.7. The van der Waals surface area contributed by atoms with Crippen molar-refractivity contribution in [1.29, 1.82) is 0 Å². The number of ether oxygens (including phenoxy) is 2. The molecule has 2 aromatic rings. The fraction of sp³-hybridized carbons (Fsp3) is 0.267. The van der Waals surface area contributed by atoms with Crippen LogP contribution in [-0.4, -0.2) is 24.3 Å². The van der Waals surface area contributed by atoms with E-state index >= 15 is 0 Å². The van der Waals surface area contributed by atoms with E-state index in [1.807, 2.05) is 30.3 Å². The maximum Gasteiger partial charge on any atom is 0.371 e. The molecule has 2 rings (SSSR count). The Hall–Kier alpha value is -2.27. The zero-order valence-electron chi connectivity index (χ0n) is 11.2. The van der Waals surface area contributed by atoms with Gasteiger partial charge in [-0.25, -0.2) is 4.79 Å². The van der Waals surface area contributed by atoms with Crippen molar-refractivity contribution in [2.75, 3.05) is 13.2 Å². The smallest absolute Gasteiger partial charge is 0.371 e. The number of carboxylic acids is 1. The molecule has 1 N–H and O–H groups in total. The number of carbonyl (C=O) groups is 1. The molecule has 0 spiro atoms. The Labute approximate surface area is 116 Å². The molecular formula is C15H16O5. The summed E-state index contributed by atoms with van der Waals surface area (Å²) < 4.78 is 16.0. The Bertz CT molecular complexity index is 559. The van der Waals surface area contributed by atoms with Crippen LogP contribution in [0.1, 0.15) is 21.9 Å². The first-order valence-electron chi connectivity index (χ1n) is 6.25. The predicted octanol–water partition coefficient (Wildman–Crippen LogP) is 2.88. The molecule has 0 aliphatic heterocycles. The van der Waals surface area contributed by atoms with E-state index in [9.17, 15) is 4.79 Å². The molecule has 20 heavy (non-hydrogen) atoms. The number of furan rings is 1. The zero-order valence-corrected chi connectivity index (χ0v) is 11.2. The molecule has 0 amide bonds. The van der Waals surface area contributed by atoms with Crippen molar-refractivity contribution in [2.24, 2.45) is 0 Å². The van der Waals surface area contributed by atoms with E-state index in [1.54, 1.807) is 6.92 Å². The van der Waals surface area contributed by atoms with Gasteiger partial charge < -0.3 is 19.0 Å². The summed E-state index contributed by atoms with van der Waals surface area (Å²) >= 11 is 0. The van der Waals surface area contributed by atoms with Gasteiger partial charge in [0, 0.05) is 5.56 Å². The van der Waals surface area contributed by atoms with E-state index in [2.05, 4.69) is 0 Å². The predicted molar refractivity (Wildman–Crippen MR) is 72.0 cm³/mol. The molecule has 0 aliphatic rings. The molecule has 1 aromatic heterocycles. The van der Waals surface area contributed by atoms with Crippen molar-refractivity contribution in [1.82, 2.24) is 0 Å². The van der Waals surface area contributed by atoms with Crippen LogP contribution in [-0.2, 0) is 11.3 Å². The van der Waals surface area contributed by atoms with E-state index in [0.717, 1.165) is 11.3 Å². The minimum absolute atomic E-state index is 0.0679. The molecule has 1 heterocycles. The van der Waals surface area contributed by atoms with Crippen LogP contribution in [0.2, 0.25) is 0 Å². The van der Waals surface area contributed by atoms with Crippen molar-refractivity contribution in [2.45, 2.75) is 13.5 Å². The highest BCUT2D eigenvalue weighted by Crippen LogP contribution is 2.15. The maximum atomic E-state index is 10.7. The number of hydrogen-bond donors (Lipinski definition) is 1. The molecule has 0 bridgehead atoms. The topological polar surface area (TPSA) is 68.9 Å². The number of carboxylic acid groups (broad SMARTS) is 1. The quantitative estimate of drug-likeness (QED) is 0.787. The monoisotopic (exact) mass is 276 g/mol. The Morgan fingerprint density at radius 2 is 2.00 bits per heavy atom. The summed E-state index contributed by atoms with van der Waals surface area (Å²) in [5, 5.41) is 8.80. The van der Waals surface area contributed by atoms with Gasteiger partial charge in [-0.15, -0.1) is 0 Å². The normalized spacial score (nSPS) is 10.4. The van der Waals surface area contributed by atoms with Gasteiger partial charge in [0.15, 0.2) is 0 Å². The highest BCUT2D eigenvalue weighted by atomic mass is 16.5. The second-order valence-corrected chi connectivity index (χ2v) is 4.21. The average molecular weight is 276 g/mol. The number of aryl methyl sites for hydroxylation is 1. The fourth-order valence-corrected chi connectivity index (χ4v) is 1.69. The minimum Gasteiger partial charge on any atom is -0.491 e. The van der Waals surface area contributed by atoms with Gasteiger partial charge in [-0.05, 0) is 25.1 Å². The standard InChI is InChI=1S/C15H16O5/c1-11-12(9-14(20-11)15(16)17)10-18-7-8-19-13-5-3-2-4-6-13/h2-6,9H,7-8,10H2,1H3,(H,16,17). The molecule has 0 radical (unpaired) electrons.